The summed E-state index contributed by atoms with van der Waals surface area (Å²) in [5.41, 5.74) is 3.61. The van der Waals surface area contributed by atoms with Crippen LogP contribution in [0.15, 0.2) is 71.6 Å². The average Bonchev–Trinajstić information content (AvgIpc) is 2.71. The highest BCUT2D eigenvalue weighted by Crippen LogP contribution is 2.26. The van der Waals surface area contributed by atoms with Crippen LogP contribution in [0.5, 0.6) is 0 Å². The maximum absolute atomic E-state index is 12.9. The van der Waals surface area contributed by atoms with Gasteiger partial charge in [0.1, 0.15) is 4.90 Å². The molecule has 0 fully saturated rings. The second kappa shape index (κ2) is 8.90. The lowest BCUT2D eigenvalue weighted by Gasteiger charge is -2.15. The summed E-state index contributed by atoms with van der Waals surface area (Å²) in [6, 6.07) is 18.8. The van der Waals surface area contributed by atoms with Crippen molar-refractivity contribution in [1.82, 2.24) is 5.32 Å². The number of amides is 1. The van der Waals surface area contributed by atoms with Crippen molar-refractivity contribution in [3.8, 4) is 0 Å². The fourth-order valence-electron chi connectivity index (χ4n) is 2.97. The zero-order chi connectivity index (χ0) is 21.9. The minimum Gasteiger partial charge on any atom is -0.346 e. The third kappa shape index (κ3) is 5.01. The molecule has 156 valence electrons. The van der Waals surface area contributed by atoms with Crippen LogP contribution in [0.25, 0.3) is 0 Å². The molecule has 0 heterocycles. The molecule has 0 spiro atoms. The summed E-state index contributed by atoms with van der Waals surface area (Å²) in [6.45, 7) is 5.71. The summed E-state index contributed by atoms with van der Waals surface area (Å²) in [5, 5.41) is 2.92. The molecule has 30 heavy (non-hydrogen) atoms. The Morgan fingerprint density at radius 3 is 2.30 bits per heavy atom. The van der Waals surface area contributed by atoms with Gasteiger partial charge in [0.15, 0.2) is 0 Å². The number of benzene rings is 3. The molecule has 0 saturated heterocycles. The van der Waals surface area contributed by atoms with Gasteiger partial charge in [-0.1, -0.05) is 48.0 Å². The van der Waals surface area contributed by atoms with Gasteiger partial charge in [0.05, 0.1) is 11.1 Å². The third-order valence-corrected chi connectivity index (χ3v) is 6.75. The van der Waals surface area contributed by atoms with Gasteiger partial charge in [-0.15, -0.1) is 0 Å². The first-order chi connectivity index (χ1) is 14.2. The van der Waals surface area contributed by atoms with Crippen LogP contribution in [0, 0.1) is 13.8 Å². The lowest BCUT2D eigenvalue weighted by molar-refractivity contribution is 0.0939. The molecule has 1 amide bonds. The standard InChI is InChI=1S/C23H23ClN2O3S/c1-15-9-11-20(13-16(15)2)26-30(28,29)22-14-19(10-12-21(22)24)23(27)25-17(3)18-7-5-4-6-8-18/h4-14,17,26H,1-3H3,(H,25,27)/t17-/m0/s1. The summed E-state index contributed by atoms with van der Waals surface area (Å²) in [6.07, 6.45) is 0. The number of carbonyl (C=O) groups is 1. The zero-order valence-corrected chi connectivity index (χ0v) is 18.5. The fraction of sp³-hybridized carbons (Fsp3) is 0.174. The first kappa shape index (κ1) is 21.9. The summed E-state index contributed by atoms with van der Waals surface area (Å²) in [5.74, 6) is -0.384. The Morgan fingerprint density at radius 2 is 1.63 bits per heavy atom. The Morgan fingerprint density at radius 1 is 0.933 bits per heavy atom. The molecule has 2 N–H and O–H groups in total. The predicted molar refractivity (Wildman–Crippen MR) is 120 cm³/mol. The fourth-order valence-corrected chi connectivity index (χ4v) is 4.55. The number of halogens is 1. The molecule has 0 aliphatic rings. The maximum atomic E-state index is 12.9. The van der Waals surface area contributed by atoms with Crippen molar-refractivity contribution in [3.05, 3.63) is 94.0 Å². The van der Waals surface area contributed by atoms with E-state index in [9.17, 15) is 13.2 Å². The van der Waals surface area contributed by atoms with Gasteiger partial charge in [-0.05, 0) is 67.8 Å². The molecule has 0 aliphatic carbocycles. The first-order valence-electron chi connectivity index (χ1n) is 9.43. The van der Waals surface area contributed by atoms with Gasteiger partial charge < -0.3 is 5.32 Å². The van der Waals surface area contributed by atoms with E-state index in [4.69, 9.17) is 11.6 Å². The maximum Gasteiger partial charge on any atom is 0.263 e. The molecule has 0 aliphatic heterocycles. The van der Waals surface area contributed by atoms with E-state index in [0.717, 1.165) is 16.7 Å². The van der Waals surface area contributed by atoms with Crippen LogP contribution in [-0.4, -0.2) is 14.3 Å². The predicted octanol–water partition coefficient (Wildman–Crippen LogP) is 5.25. The summed E-state index contributed by atoms with van der Waals surface area (Å²) in [4.78, 5) is 12.5. The van der Waals surface area contributed by atoms with Gasteiger partial charge in [0.25, 0.3) is 15.9 Å². The Bertz CT molecular complexity index is 1180. The number of carbonyl (C=O) groups excluding carboxylic acids is 1. The summed E-state index contributed by atoms with van der Waals surface area (Å²) >= 11 is 6.16. The van der Waals surface area contributed by atoms with Crippen LogP contribution in [0.2, 0.25) is 5.02 Å². The molecule has 5 nitrogen and oxygen atoms in total. The number of anilines is 1. The molecular weight excluding hydrogens is 420 g/mol. The highest BCUT2D eigenvalue weighted by atomic mass is 35.5. The minimum absolute atomic E-state index is 0.0407. The topological polar surface area (TPSA) is 75.3 Å². The molecule has 7 heteroatoms. The van der Waals surface area contributed by atoms with Crippen molar-refractivity contribution in [2.75, 3.05) is 4.72 Å². The number of hydrogen-bond donors (Lipinski definition) is 2. The van der Waals surface area contributed by atoms with Crippen molar-refractivity contribution < 1.29 is 13.2 Å². The van der Waals surface area contributed by atoms with Gasteiger partial charge in [-0.2, -0.15) is 0 Å². The van der Waals surface area contributed by atoms with Gasteiger partial charge in [0.2, 0.25) is 0 Å². The van der Waals surface area contributed by atoms with E-state index in [-0.39, 0.29) is 27.4 Å². The molecule has 3 aromatic rings. The second-order valence-corrected chi connectivity index (χ2v) is 9.21. The van der Waals surface area contributed by atoms with Gasteiger partial charge >= 0.3 is 0 Å². The van der Waals surface area contributed by atoms with Crippen LogP contribution < -0.4 is 10.0 Å². The van der Waals surface area contributed by atoms with E-state index >= 15 is 0 Å². The van der Waals surface area contributed by atoms with E-state index in [2.05, 4.69) is 10.0 Å². The van der Waals surface area contributed by atoms with E-state index in [0.29, 0.717) is 5.69 Å². The molecule has 3 rings (SSSR count). The average molecular weight is 443 g/mol. The SMILES string of the molecule is Cc1ccc(NS(=O)(=O)c2cc(C(=O)N[C@@H](C)c3ccccc3)ccc2Cl)cc1C. The zero-order valence-electron chi connectivity index (χ0n) is 16.9. The molecular formula is C23H23ClN2O3S. The third-order valence-electron chi connectivity index (χ3n) is 4.89. The van der Waals surface area contributed by atoms with Crippen LogP contribution in [0.1, 0.15) is 40.0 Å². The van der Waals surface area contributed by atoms with Crippen molar-refractivity contribution in [2.45, 2.75) is 31.7 Å². The lowest BCUT2D eigenvalue weighted by atomic mass is 10.1. The van der Waals surface area contributed by atoms with Crippen LogP contribution >= 0.6 is 11.6 Å². The second-order valence-electron chi connectivity index (χ2n) is 7.16. The van der Waals surface area contributed by atoms with Crippen LogP contribution in [0.4, 0.5) is 5.69 Å². The molecule has 0 unspecified atom stereocenters. The highest BCUT2D eigenvalue weighted by Gasteiger charge is 2.21. The Hall–Kier alpha value is -2.83. The molecule has 0 saturated carbocycles. The van der Waals surface area contributed by atoms with Crippen LogP contribution in [0.3, 0.4) is 0 Å². The highest BCUT2D eigenvalue weighted by molar-refractivity contribution is 7.92. The van der Waals surface area contributed by atoms with Gasteiger partial charge in [-0.3, -0.25) is 9.52 Å². The number of rotatable bonds is 6. The number of nitrogens with one attached hydrogen (secondary N) is 2. The quantitative estimate of drug-likeness (QED) is 0.547. The molecule has 3 aromatic carbocycles. The molecule has 0 radical (unpaired) electrons. The van der Waals surface area contributed by atoms with Crippen molar-refractivity contribution in [1.29, 1.82) is 0 Å². The van der Waals surface area contributed by atoms with Gasteiger partial charge in [0, 0.05) is 11.3 Å². The first-order valence-corrected chi connectivity index (χ1v) is 11.3. The molecule has 1 atom stereocenters. The number of aryl methyl sites for hydroxylation is 2. The molecule has 0 aromatic heterocycles. The molecule has 0 bridgehead atoms. The monoisotopic (exact) mass is 442 g/mol. The van der Waals surface area contributed by atoms with E-state index in [1.165, 1.54) is 18.2 Å². The minimum atomic E-state index is -3.97. The van der Waals surface area contributed by atoms with E-state index in [1.807, 2.05) is 57.2 Å². The lowest BCUT2D eigenvalue weighted by Crippen LogP contribution is -2.27. The van der Waals surface area contributed by atoms with Crippen molar-refractivity contribution >= 4 is 33.2 Å². The number of hydrogen-bond acceptors (Lipinski definition) is 3. The number of sulfonamides is 1. The Balaban J connectivity index is 1.84. The van der Waals surface area contributed by atoms with Crippen molar-refractivity contribution in [3.63, 3.8) is 0 Å². The Kier molecular flexibility index (Phi) is 6.48. The normalized spacial score (nSPS) is 12.3. The largest absolute Gasteiger partial charge is 0.346 e. The summed E-state index contributed by atoms with van der Waals surface area (Å²) in [7, 11) is -3.97. The smallest absolute Gasteiger partial charge is 0.263 e. The van der Waals surface area contributed by atoms with Crippen molar-refractivity contribution in [2.24, 2.45) is 0 Å². The summed E-state index contributed by atoms with van der Waals surface area (Å²) < 4.78 is 28.4. The van der Waals surface area contributed by atoms with E-state index < -0.39 is 10.0 Å². The van der Waals surface area contributed by atoms with Gasteiger partial charge in [-0.25, -0.2) is 8.42 Å². The van der Waals surface area contributed by atoms with Crippen LogP contribution in [-0.2, 0) is 10.0 Å². The Labute approximate surface area is 182 Å². The van der Waals surface area contributed by atoms with E-state index in [1.54, 1.807) is 12.1 Å².